The normalized spacial score (nSPS) is 20.9. The Morgan fingerprint density at radius 3 is 2.55 bits per heavy atom. The summed E-state index contributed by atoms with van der Waals surface area (Å²) in [6.07, 6.45) is 1.83. The molecule has 1 saturated heterocycles. The molecule has 1 atom stereocenters. The molecule has 38 heavy (non-hydrogen) atoms. The second kappa shape index (κ2) is 9.77. The van der Waals surface area contributed by atoms with Gasteiger partial charge in [-0.05, 0) is 73.6 Å². The largest absolute Gasteiger partial charge is 0.461 e. The van der Waals surface area contributed by atoms with Crippen molar-refractivity contribution in [2.24, 2.45) is 5.10 Å². The second-order valence-corrected chi connectivity index (χ2v) is 11.3. The monoisotopic (exact) mass is 545 g/mol. The molecule has 1 amide bonds. The standard InChI is InChI=1S/C28H23N3O5S2/c1-3-34-27(33)25-29-31(21-12-9-18(2)10-13-21)28(38-25)30(20-7-5-4-6-8-20)26(32)24(37-28)16-19-11-14-22-23(15-19)36-17-35-22/h4-16H,3,17H2,1-2H3/b24-16+/t28-/m0/s1. The van der Waals surface area contributed by atoms with E-state index >= 15 is 0 Å². The minimum absolute atomic E-state index is 0.171. The molecular weight excluding hydrogens is 522 g/mol. The number of hydrazone groups is 1. The van der Waals surface area contributed by atoms with Crippen molar-refractivity contribution in [1.29, 1.82) is 0 Å². The molecule has 3 aliphatic rings. The highest BCUT2D eigenvalue weighted by atomic mass is 32.2. The van der Waals surface area contributed by atoms with Crippen molar-refractivity contribution < 1.29 is 23.8 Å². The molecule has 0 radical (unpaired) electrons. The van der Waals surface area contributed by atoms with Crippen molar-refractivity contribution >= 4 is 57.9 Å². The van der Waals surface area contributed by atoms with Gasteiger partial charge in [-0.15, -0.1) is 0 Å². The van der Waals surface area contributed by atoms with Crippen molar-refractivity contribution in [3.63, 3.8) is 0 Å². The third-order valence-electron chi connectivity index (χ3n) is 6.06. The summed E-state index contributed by atoms with van der Waals surface area (Å²) in [6, 6.07) is 22.8. The van der Waals surface area contributed by atoms with Gasteiger partial charge in [0.15, 0.2) is 11.5 Å². The number of esters is 1. The summed E-state index contributed by atoms with van der Waals surface area (Å²) in [6.45, 7) is 4.15. The summed E-state index contributed by atoms with van der Waals surface area (Å²) in [7, 11) is 0. The Balaban J connectivity index is 1.49. The Morgan fingerprint density at radius 2 is 1.79 bits per heavy atom. The van der Waals surface area contributed by atoms with E-state index in [1.807, 2.05) is 85.8 Å². The molecule has 0 aliphatic carbocycles. The number of fused-ring (bicyclic) bond motifs is 1. The number of benzene rings is 3. The molecular formula is C28H23N3O5S2. The van der Waals surface area contributed by atoms with Crippen LogP contribution in [0.25, 0.3) is 6.08 Å². The number of carbonyl (C=O) groups excluding carboxylic acids is 2. The fourth-order valence-corrected chi connectivity index (χ4v) is 7.18. The lowest BCUT2D eigenvalue weighted by Gasteiger charge is -2.38. The second-order valence-electron chi connectivity index (χ2n) is 8.62. The van der Waals surface area contributed by atoms with Crippen molar-refractivity contribution in [3.8, 4) is 11.5 Å². The first-order chi connectivity index (χ1) is 18.5. The van der Waals surface area contributed by atoms with Gasteiger partial charge in [0, 0.05) is 5.69 Å². The van der Waals surface area contributed by atoms with E-state index in [0.29, 0.717) is 22.1 Å². The quantitative estimate of drug-likeness (QED) is 0.303. The zero-order valence-electron chi connectivity index (χ0n) is 20.6. The number of ether oxygens (including phenoxy) is 3. The molecule has 1 fully saturated rings. The number of amides is 1. The lowest BCUT2D eigenvalue weighted by molar-refractivity contribution is -0.134. The number of rotatable bonds is 5. The molecule has 0 saturated carbocycles. The first-order valence-corrected chi connectivity index (χ1v) is 13.6. The van der Waals surface area contributed by atoms with Gasteiger partial charge in [0.2, 0.25) is 16.2 Å². The summed E-state index contributed by atoms with van der Waals surface area (Å²) >= 11 is 2.54. The van der Waals surface area contributed by atoms with E-state index in [4.69, 9.17) is 19.3 Å². The number of hydrogen-bond donors (Lipinski definition) is 0. The molecule has 0 unspecified atom stereocenters. The molecule has 3 aromatic carbocycles. The maximum absolute atomic E-state index is 14.1. The summed E-state index contributed by atoms with van der Waals surface area (Å²) < 4.78 is 15.1. The summed E-state index contributed by atoms with van der Waals surface area (Å²) in [4.78, 5) is 29.2. The van der Waals surface area contributed by atoms with Crippen LogP contribution in [-0.4, -0.2) is 34.6 Å². The molecule has 3 heterocycles. The smallest absolute Gasteiger partial charge is 0.365 e. The van der Waals surface area contributed by atoms with Gasteiger partial charge in [-0.25, -0.2) is 9.80 Å². The highest BCUT2D eigenvalue weighted by molar-refractivity contribution is 8.29. The van der Waals surface area contributed by atoms with Gasteiger partial charge in [-0.2, -0.15) is 5.10 Å². The van der Waals surface area contributed by atoms with Crippen LogP contribution in [0.2, 0.25) is 0 Å². The Kier molecular flexibility index (Phi) is 6.29. The maximum Gasteiger partial charge on any atom is 0.365 e. The lowest BCUT2D eigenvalue weighted by atomic mass is 10.2. The van der Waals surface area contributed by atoms with Gasteiger partial charge in [-0.1, -0.05) is 53.7 Å². The van der Waals surface area contributed by atoms with Gasteiger partial charge in [-0.3, -0.25) is 9.69 Å². The molecule has 0 bridgehead atoms. The fourth-order valence-electron chi connectivity index (χ4n) is 4.30. The van der Waals surface area contributed by atoms with Crippen LogP contribution in [0.5, 0.6) is 11.5 Å². The molecule has 6 rings (SSSR count). The molecule has 0 aromatic heterocycles. The zero-order valence-corrected chi connectivity index (χ0v) is 22.3. The van der Waals surface area contributed by atoms with E-state index in [1.54, 1.807) is 16.8 Å². The third-order valence-corrected chi connectivity index (χ3v) is 8.76. The van der Waals surface area contributed by atoms with Gasteiger partial charge in [0.25, 0.3) is 5.91 Å². The Labute approximate surface area is 228 Å². The third kappa shape index (κ3) is 4.19. The topological polar surface area (TPSA) is 80.7 Å². The van der Waals surface area contributed by atoms with Crippen LogP contribution >= 0.6 is 23.5 Å². The fraction of sp³-hybridized carbons (Fsp3) is 0.179. The number of aryl methyl sites for hydroxylation is 1. The van der Waals surface area contributed by atoms with Crippen molar-refractivity contribution in [2.75, 3.05) is 23.3 Å². The van der Waals surface area contributed by atoms with Crippen LogP contribution < -0.4 is 19.4 Å². The maximum atomic E-state index is 14.1. The number of hydrogen-bond acceptors (Lipinski definition) is 9. The van der Waals surface area contributed by atoms with Crippen LogP contribution in [0.4, 0.5) is 11.4 Å². The van der Waals surface area contributed by atoms with Gasteiger partial charge in [0.1, 0.15) is 0 Å². The van der Waals surface area contributed by atoms with E-state index in [1.165, 1.54) is 23.5 Å². The number of anilines is 2. The Bertz CT molecular complexity index is 1480. The van der Waals surface area contributed by atoms with Crippen molar-refractivity contribution in [2.45, 2.75) is 18.2 Å². The van der Waals surface area contributed by atoms with Gasteiger partial charge in [0.05, 0.1) is 17.2 Å². The van der Waals surface area contributed by atoms with E-state index < -0.39 is 10.3 Å². The number of para-hydroxylation sites is 1. The predicted molar refractivity (Wildman–Crippen MR) is 150 cm³/mol. The Morgan fingerprint density at radius 1 is 1.03 bits per heavy atom. The highest BCUT2D eigenvalue weighted by Gasteiger charge is 2.60. The van der Waals surface area contributed by atoms with E-state index in [2.05, 4.69) is 0 Å². The van der Waals surface area contributed by atoms with E-state index in [9.17, 15) is 9.59 Å². The van der Waals surface area contributed by atoms with Crippen LogP contribution in [0, 0.1) is 6.92 Å². The lowest BCUT2D eigenvalue weighted by Crippen LogP contribution is -2.51. The zero-order chi connectivity index (χ0) is 26.3. The van der Waals surface area contributed by atoms with Gasteiger partial charge < -0.3 is 14.2 Å². The summed E-state index contributed by atoms with van der Waals surface area (Å²) in [5.41, 5.74) is 3.31. The number of thioether (sulfide) groups is 2. The molecule has 1 spiro atoms. The molecule has 8 nitrogen and oxygen atoms in total. The van der Waals surface area contributed by atoms with E-state index in [0.717, 1.165) is 16.8 Å². The number of carbonyl (C=O) groups is 2. The summed E-state index contributed by atoms with van der Waals surface area (Å²) in [5.74, 6) is 0.572. The highest BCUT2D eigenvalue weighted by Crippen LogP contribution is 2.59. The molecule has 192 valence electrons. The predicted octanol–water partition coefficient (Wildman–Crippen LogP) is 5.59. The summed E-state index contributed by atoms with van der Waals surface area (Å²) in [5, 5.41) is 6.61. The van der Waals surface area contributed by atoms with Gasteiger partial charge >= 0.3 is 5.97 Å². The van der Waals surface area contributed by atoms with Crippen LogP contribution in [-0.2, 0) is 14.3 Å². The average Bonchev–Trinajstić information content (AvgIpc) is 3.61. The van der Waals surface area contributed by atoms with E-state index in [-0.39, 0.29) is 24.4 Å². The molecule has 10 heteroatoms. The first kappa shape index (κ1) is 24.4. The first-order valence-electron chi connectivity index (χ1n) is 12.0. The van der Waals surface area contributed by atoms with Crippen molar-refractivity contribution in [1.82, 2.24) is 0 Å². The molecule has 0 N–H and O–H groups in total. The SMILES string of the molecule is CCOC(=O)C1=NN(c2ccc(C)cc2)[C@]2(S1)S/C(=C/c1ccc3c(c1)OCO3)C(=O)N2c1ccccc1. The minimum atomic E-state index is -1.13. The average molecular weight is 546 g/mol. The molecule has 3 aliphatic heterocycles. The molecule has 3 aromatic rings. The number of nitrogens with zero attached hydrogens (tertiary/aromatic N) is 3. The van der Waals surface area contributed by atoms with Crippen LogP contribution in [0.15, 0.2) is 82.8 Å². The van der Waals surface area contributed by atoms with Crippen LogP contribution in [0.1, 0.15) is 18.1 Å². The van der Waals surface area contributed by atoms with Crippen molar-refractivity contribution in [3.05, 3.63) is 88.8 Å². The Hall–Kier alpha value is -3.89. The minimum Gasteiger partial charge on any atom is -0.461 e. The van der Waals surface area contributed by atoms with Crippen LogP contribution in [0.3, 0.4) is 0 Å².